The second kappa shape index (κ2) is 8.14. The van der Waals surface area contributed by atoms with E-state index in [2.05, 4.69) is 24.5 Å². The van der Waals surface area contributed by atoms with Gasteiger partial charge in [0.25, 0.3) is 0 Å². The topological polar surface area (TPSA) is 41.1 Å². The van der Waals surface area contributed by atoms with E-state index in [1.54, 1.807) is 0 Å². The van der Waals surface area contributed by atoms with E-state index in [0.717, 1.165) is 17.2 Å². The van der Waals surface area contributed by atoms with Crippen LogP contribution >= 0.6 is 11.8 Å². The highest BCUT2D eigenvalue weighted by Crippen LogP contribution is 2.04. The molecule has 0 spiro atoms. The second-order valence-corrected chi connectivity index (χ2v) is 5.17. The summed E-state index contributed by atoms with van der Waals surface area (Å²) in [5, 5.41) is 6.05. The van der Waals surface area contributed by atoms with Gasteiger partial charge in [-0.1, -0.05) is 25.1 Å². The van der Waals surface area contributed by atoms with Crippen LogP contribution in [-0.4, -0.2) is 30.0 Å². The van der Waals surface area contributed by atoms with Crippen molar-refractivity contribution in [2.24, 2.45) is 0 Å². The van der Waals surface area contributed by atoms with Gasteiger partial charge in [0.2, 0.25) is 5.91 Å². The van der Waals surface area contributed by atoms with E-state index in [9.17, 15) is 4.79 Å². The van der Waals surface area contributed by atoms with Crippen molar-refractivity contribution in [3.8, 4) is 0 Å². The van der Waals surface area contributed by atoms with Crippen LogP contribution < -0.4 is 10.6 Å². The standard InChI is InChI=1S/C13H20N2OS/c1-3-17-10-11(2)14-9-13(16)15-12-7-5-4-6-8-12/h4-8,11,14H,3,9-10H2,1-2H3,(H,15,16). The predicted octanol–water partition coefficient (Wildman–Crippen LogP) is 2.36. The summed E-state index contributed by atoms with van der Waals surface area (Å²) >= 11 is 1.88. The van der Waals surface area contributed by atoms with Gasteiger partial charge >= 0.3 is 0 Å². The zero-order chi connectivity index (χ0) is 12.5. The lowest BCUT2D eigenvalue weighted by molar-refractivity contribution is -0.115. The highest BCUT2D eigenvalue weighted by molar-refractivity contribution is 7.99. The zero-order valence-corrected chi connectivity index (χ0v) is 11.2. The first-order chi connectivity index (χ1) is 8.22. The summed E-state index contributed by atoms with van der Waals surface area (Å²) in [7, 11) is 0. The number of carbonyl (C=O) groups is 1. The molecule has 0 aliphatic rings. The Hall–Kier alpha value is -1.00. The summed E-state index contributed by atoms with van der Waals surface area (Å²) < 4.78 is 0. The van der Waals surface area contributed by atoms with Crippen LogP contribution in [-0.2, 0) is 4.79 Å². The fraction of sp³-hybridized carbons (Fsp3) is 0.462. The molecule has 1 rings (SSSR count). The molecular weight excluding hydrogens is 232 g/mol. The lowest BCUT2D eigenvalue weighted by atomic mass is 10.3. The number of nitrogens with one attached hydrogen (secondary N) is 2. The van der Waals surface area contributed by atoms with Crippen molar-refractivity contribution in [2.45, 2.75) is 19.9 Å². The van der Waals surface area contributed by atoms with E-state index < -0.39 is 0 Å². The number of carbonyl (C=O) groups excluding carboxylic acids is 1. The molecule has 1 aromatic carbocycles. The first-order valence-electron chi connectivity index (χ1n) is 5.88. The van der Waals surface area contributed by atoms with Crippen molar-refractivity contribution < 1.29 is 4.79 Å². The second-order valence-electron chi connectivity index (χ2n) is 3.86. The Bertz CT molecular complexity index is 329. The number of hydrogen-bond acceptors (Lipinski definition) is 3. The van der Waals surface area contributed by atoms with Crippen LogP contribution in [0.15, 0.2) is 30.3 Å². The molecule has 1 amide bonds. The molecule has 0 saturated heterocycles. The molecule has 0 bridgehead atoms. The molecular formula is C13H20N2OS. The summed E-state index contributed by atoms with van der Waals surface area (Å²) in [6.45, 7) is 4.60. The van der Waals surface area contributed by atoms with E-state index >= 15 is 0 Å². The maximum Gasteiger partial charge on any atom is 0.238 e. The lowest BCUT2D eigenvalue weighted by Gasteiger charge is -2.12. The summed E-state index contributed by atoms with van der Waals surface area (Å²) in [6.07, 6.45) is 0. The summed E-state index contributed by atoms with van der Waals surface area (Å²) in [6, 6.07) is 9.87. The van der Waals surface area contributed by atoms with Crippen LogP contribution in [0.4, 0.5) is 5.69 Å². The minimum atomic E-state index is 0.00421. The van der Waals surface area contributed by atoms with Crippen LogP contribution in [0.1, 0.15) is 13.8 Å². The Morgan fingerprint density at radius 1 is 1.35 bits per heavy atom. The van der Waals surface area contributed by atoms with Crippen molar-refractivity contribution >= 4 is 23.4 Å². The highest BCUT2D eigenvalue weighted by Gasteiger charge is 2.05. The van der Waals surface area contributed by atoms with E-state index in [4.69, 9.17) is 0 Å². The molecule has 0 heterocycles. The van der Waals surface area contributed by atoms with Crippen molar-refractivity contribution in [3.63, 3.8) is 0 Å². The molecule has 3 nitrogen and oxygen atoms in total. The van der Waals surface area contributed by atoms with Gasteiger partial charge in [-0.05, 0) is 24.8 Å². The fourth-order valence-electron chi connectivity index (χ4n) is 1.35. The number of anilines is 1. The molecule has 2 N–H and O–H groups in total. The quantitative estimate of drug-likeness (QED) is 0.782. The fourth-order valence-corrected chi connectivity index (χ4v) is 2.05. The third-order valence-corrected chi connectivity index (χ3v) is 3.38. The Labute approximate surface area is 107 Å². The maximum absolute atomic E-state index is 11.6. The molecule has 4 heteroatoms. The maximum atomic E-state index is 11.6. The Kier molecular flexibility index (Phi) is 6.74. The molecule has 1 atom stereocenters. The number of amides is 1. The number of para-hydroxylation sites is 1. The van der Waals surface area contributed by atoms with Crippen LogP contribution in [0.25, 0.3) is 0 Å². The molecule has 1 unspecified atom stereocenters. The van der Waals surface area contributed by atoms with Gasteiger partial charge in [-0.2, -0.15) is 11.8 Å². The van der Waals surface area contributed by atoms with E-state index in [0.29, 0.717) is 12.6 Å². The normalized spacial score (nSPS) is 12.1. The molecule has 1 aromatic rings. The Morgan fingerprint density at radius 3 is 2.71 bits per heavy atom. The minimum absolute atomic E-state index is 0.00421. The summed E-state index contributed by atoms with van der Waals surface area (Å²) in [4.78, 5) is 11.6. The molecule has 0 fully saturated rings. The smallest absolute Gasteiger partial charge is 0.238 e. The Balaban J connectivity index is 2.21. The number of benzene rings is 1. The van der Waals surface area contributed by atoms with Gasteiger partial charge in [0.15, 0.2) is 0 Å². The van der Waals surface area contributed by atoms with Gasteiger partial charge in [-0.15, -0.1) is 0 Å². The van der Waals surface area contributed by atoms with Gasteiger partial charge in [0, 0.05) is 17.5 Å². The van der Waals surface area contributed by atoms with Gasteiger partial charge in [-0.3, -0.25) is 4.79 Å². The number of thioether (sulfide) groups is 1. The van der Waals surface area contributed by atoms with Crippen LogP contribution in [0, 0.1) is 0 Å². The van der Waals surface area contributed by atoms with Gasteiger partial charge in [-0.25, -0.2) is 0 Å². The SMILES string of the molecule is CCSCC(C)NCC(=O)Nc1ccccc1. The van der Waals surface area contributed by atoms with Gasteiger partial charge in [0.1, 0.15) is 0 Å². The Morgan fingerprint density at radius 2 is 2.06 bits per heavy atom. The van der Waals surface area contributed by atoms with E-state index in [1.165, 1.54) is 0 Å². The highest BCUT2D eigenvalue weighted by atomic mass is 32.2. The average Bonchev–Trinajstić information content (AvgIpc) is 2.35. The van der Waals surface area contributed by atoms with E-state index in [1.807, 2.05) is 42.1 Å². The van der Waals surface area contributed by atoms with Crippen molar-refractivity contribution in [1.29, 1.82) is 0 Å². The minimum Gasteiger partial charge on any atom is -0.325 e. The van der Waals surface area contributed by atoms with Crippen LogP contribution in [0.2, 0.25) is 0 Å². The zero-order valence-electron chi connectivity index (χ0n) is 10.4. The number of hydrogen-bond donors (Lipinski definition) is 2. The first-order valence-corrected chi connectivity index (χ1v) is 7.04. The van der Waals surface area contributed by atoms with Gasteiger partial charge < -0.3 is 10.6 Å². The van der Waals surface area contributed by atoms with Crippen molar-refractivity contribution in [1.82, 2.24) is 5.32 Å². The average molecular weight is 252 g/mol. The molecule has 0 aliphatic carbocycles. The predicted molar refractivity (Wildman–Crippen MR) is 75.5 cm³/mol. The van der Waals surface area contributed by atoms with Crippen molar-refractivity contribution in [2.75, 3.05) is 23.4 Å². The molecule has 0 aliphatic heterocycles. The number of rotatable bonds is 7. The third kappa shape index (κ3) is 6.34. The molecule has 94 valence electrons. The largest absolute Gasteiger partial charge is 0.325 e. The lowest BCUT2D eigenvalue weighted by Crippen LogP contribution is -2.35. The van der Waals surface area contributed by atoms with Gasteiger partial charge in [0.05, 0.1) is 6.54 Å². The monoisotopic (exact) mass is 252 g/mol. The van der Waals surface area contributed by atoms with Crippen LogP contribution in [0.3, 0.4) is 0 Å². The third-order valence-electron chi connectivity index (χ3n) is 2.24. The van der Waals surface area contributed by atoms with E-state index in [-0.39, 0.29) is 5.91 Å². The first kappa shape index (κ1) is 14.1. The molecule has 0 saturated carbocycles. The van der Waals surface area contributed by atoms with Crippen LogP contribution in [0.5, 0.6) is 0 Å². The molecule has 0 radical (unpaired) electrons. The molecule has 0 aromatic heterocycles. The summed E-state index contributed by atoms with van der Waals surface area (Å²) in [5.41, 5.74) is 0.842. The van der Waals surface area contributed by atoms with Crippen molar-refractivity contribution in [3.05, 3.63) is 30.3 Å². The molecule has 17 heavy (non-hydrogen) atoms. The summed E-state index contributed by atoms with van der Waals surface area (Å²) in [5.74, 6) is 2.15.